The summed E-state index contributed by atoms with van der Waals surface area (Å²) >= 11 is 9.47. The van der Waals surface area contributed by atoms with Crippen molar-refractivity contribution in [3.05, 3.63) is 57.0 Å². The van der Waals surface area contributed by atoms with Gasteiger partial charge in [0.2, 0.25) is 0 Å². The topological polar surface area (TPSA) is 85.0 Å². The van der Waals surface area contributed by atoms with Crippen molar-refractivity contribution >= 4 is 33.5 Å². The molecule has 0 amide bonds. The Bertz CT molecular complexity index is 827. The van der Waals surface area contributed by atoms with Gasteiger partial charge in [0.1, 0.15) is 6.61 Å². The van der Waals surface area contributed by atoms with Crippen molar-refractivity contribution in [2.24, 2.45) is 0 Å². The van der Waals surface area contributed by atoms with Crippen molar-refractivity contribution in [1.82, 2.24) is 20.6 Å². The van der Waals surface area contributed by atoms with Gasteiger partial charge in [-0.1, -0.05) is 44.8 Å². The van der Waals surface area contributed by atoms with Crippen LogP contribution in [0.3, 0.4) is 0 Å². The molecule has 0 radical (unpaired) electrons. The molecular weight excluding hydrogens is 410 g/mol. The van der Waals surface area contributed by atoms with E-state index in [9.17, 15) is 0 Å². The summed E-state index contributed by atoms with van der Waals surface area (Å²) in [6.07, 6.45) is 0. The van der Waals surface area contributed by atoms with Gasteiger partial charge in [-0.15, -0.1) is 5.10 Å². The number of H-pyrrole nitrogens is 1. The van der Waals surface area contributed by atoms with E-state index in [0.29, 0.717) is 35.6 Å². The van der Waals surface area contributed by atoms with Gasteiger partial charge in [0, 0.05) is 21.6 Å². The molecule has 0 aliphatic rings. The van der Waals surface area contributed by atoms with Gasteiger partial charge in [0.05, 0.1) is 7.11 Å². The first-order valence-electron chi connectivity index (χ1n) is 7.37. The predicted molar refractivity (Wildman–Crippen MR) is 98.0 cm³/mol. The molecule has 2 N–H and O–H groups in total. The Labute approximate surface area is 157 Å². The molecule has 0 fully saturated rings. The molecule has 0 bridgehead atoms. The molecule has 0 aliphatic heterocycles. The van der Waals surface area contributed by atoms with E-state index in [1.54, 1.807) is 7.11 Å². The summed E-state index contributed by atoms with van der Waals surface area (Å²) in [6, 6.07) is 11.3. The molecule has 25 heavy (non-hydrogen) atoms. The Kier molecular flexibility index (Phi) is 5.72. The Hall–Kier alpha value is -2.32. The molecule has 2 aromatic carbocycles. The lowest BCUT2D eigenvalue weighted by Gasteiger charge is -2.17. The second-order valence-electron chi connectivity index (χ2n) is 5.06. The zero-order chi connectivity index (χ0) is 17.6. The van der Waals surface area contributed by atoms with Gasteiger partial charge in [-0.3, -0.25) is 0 Å². The first-order valence-corrected chi connectivity index (χ1v) is 8.54. The number of methoxy groups -OCH3 is 1. The molecular formula is C16H15BrClN5O2. The lowest BCUT2D eigenvalue weighted by molar-refractivity contribution is 0.281. The summed E-state index contributed by atoms with van der Waals surface area (Å²) in [4.78, 5) is 0. The summed E-state index contributed by atoms with van der Waals surface area (Å²) in [5.74, 6) is 1.68. The summed E-state index contributed by atoms with van der Waals surface area (Å²) in [6.45, 7) is 0.826. The van der Waals surface area contributed by atoms with Crippen molar-refractivity contribution in [3.8, 4) is 11.5 Å². The molecule has 3 rings (SSSR count). The Morgan fingerprint density at radius 1 is 1.20 bits per heavy atom. The SMILES string of the molecule is COc1ccc(Br)c(CNc2nn[nH]n2)c1OCc1ccc(Cl)cc1. The average Bonchev–Trinajstić information content (AvgIpc) is 3.14. The fraction of sp³-hybridized carbons (Fsp3) is 0.188. The van der Waals surface area contributed by atoms with Gasteiger partial charge in [-0.2, -0.15) is 5.21 Å². The molecule has 7 nitrogen and oxygen atoms in total. The lowest BCUT2D eigenvalue weighted by atomic mass is 10.1. The molecule has 0 atom stereocenters. The van der Waals surface area contributed by atoms with Crippen LogP contribution >= 0.6 is 27.5 Å². The first-order chi connectivity index (χ1) is 12.2. The maximum absolute atomic E-state index is 6.03. The van der Waals surface area contributed by atoms with Gasteiger partial charge < -0.3 is 14.8 Å². The van der Waals surface area contributed by atoms with E-state index in [1.165, 1.54) is 0 Å². The van der Waals surface area contributed by atoms with E-state index in [1.807, 2.05) is 36.4 Å². The van der Waals surface area contributed by atoms with E-state index in [2.05, 4.69) is 41.9 Å². The number of hydrogen-bond acceptors (Lipinski definition) is 6. The second-order valence-corrected chi connectivity index (χ2v) is 6.35. The van der Waals surface area contributed by atoms with Crippen molar-refractivity contribution in [2.45, 2.75) is 13.2 Å². The van der Waals surface area contributed by atoms with Gasteiger partial charge >= 0.3 is 0 Å². The normalized spacial score (nSPS) is 10.5. The van der Waals surface area contributed by atoms with Crippen LogP contribution in [0.15, 0.2) is 40.9 Å². The van der Waals surface area contributed by atoms with E-state index in [0.717, 1.165) is 15.6 Å². The van der Waals surface area contributed by atoms with Crippen LogP contribution in [0, 0.1) is 0 Å². The molecule has 0 unspecified atom stereocenters. The number of aromatic amines is 1. The molecule has 9 heteroatoms. The molecule has 1 aromatic heterocycles. The van der Waals surface area contributed by atoms with Crippen LogP contribution in [-0.4, -0.2) is 27.7 Å². The summed E-state index contributed by atoms with van der Waals surface area (Å²) in [5.41, 5.74) is 1.89. The van der Waals surface area contributed by atoms with Crippen LogP contribution in [0.5, 0.6) is 11.5 Å². The second kappa shape index (κ2) is 8.17. The largest absolute Gasteiger partial charge is 0.493 e. The minimum Gasteiger partial charge on any atom is -0.493 e. The van der Waals surface area contributed by atoms with Crippen molar-refractivity contribution in [1.29, 1.82) is 0 Å². The highest BCUT2D eigenvalue weighted by atomic mass is 79.9. The summed E-state index contributed by atoms with van der Waals surface area (Å²) in [7, 11) is 1.61. The third kappa shape index (κ3) is 4.40. The average molecular weight is 425 g/mol. The monoisotopic (exact) mass is 423 g/mol. The highest BCUT2D eigenvalue weighted by molar-refractivity contribution is 9.10. The third-order valence-corrected chi connectivity index (χ3v) is 4.45. The Morgan fingerprint density at radius 2 is 2.00 bits per heavy atom. The smallest absolute Gasteiger partial charge is 0.263 e. The number of halogens is 2. The van der Waals surface area contributed by atoms with E-state index < -0.39 is 0 Å². The molecule has 0 aliphatic carbocycles. The number of nitrogens with one attached hydrogen (secondary N) is 2. The lowest BCUT2D eigenvalue weighted by Crippen LogP contribution is -2.07. The van der Waals surface area contributed by atoms with Gasteiger partial charge in [-0.05, 0) is 35.0 Å². The van der Waals surface area contributed by atoms with E-state index >= 15 is 0 Å². The third-order valence-electron chi connectivity index (χ3n) is 3.45. The van der Waals surface area contributed by atoms with Crippen LogP contribution in [0.2, 0.25) is 5.02 Å². The number of tetrazole rings is 1. The van der Waals surface area contributed by atoms with Gasteiger partial charge in [0.25, 0.3) is 5.95 Å². The van der Waals surface area contributed by atoms with E-state index in [4.69, 9.17) is 21.1 Å². The Balaban J connectivity index is 1.81. The first kappa shape index (κ1) is 17.5. The number of ether oxygens (including phenoxy) is 2. The van der Waals surface area contributed by atoms with Gasteiger partial charge in [-0.25, -0.2) is 0 Å². The highest BCUT2D eigenvalue weighted by Gasteiger charge is 2.15. The number of benzene rings is 2. The molecule has 0 spiro atoms. The van der Waals surface area contributed by atoms with Crippen LogP contribution < -0.4 is 14.8 Å². The Morgan fingerprint density at radius 3 is 2.68 bits per heavy atom. The maximum atomic E-state index is 6.03. The zero-order valence-electron chi connectivity index (χ0n) is 13.3. The van der Waals surface area contributed by atoms with Crippen molar-refractivity contribution in [2.75, 3.05) is 12.4 Å². The summed E-state index contributed by atoms with van der Waals surface area (Å²) in [5, 5.41) is 17.4. The molecule has 0 saturated heterocycles. The number of anilines is 1. The predicted octanol–water partition coefficient (Wildman–Crippen LogP) is 3.82. The number of rotatable bonds is 7. The van der Waals surface area contributed by atoms with Crippen LogP contribution in [0.25, 0.3) is 0 Å². The van der Waals surface area contributed by atoms with Crippen LogP contribution in [0.4, 0.5) is 5.95 Å². The van der Waals surface area contributed by atoms with Crippen LogP contribution in [-0.2, 0) is 13.2 Å². The zero-order valence-corrected chi connectivity index (χ0v) is 15.6. The fourth-order valence-corrected chi connectivity index (χ4v) is 2.78. The standard InChI is InChI=1S/C16H15BrClN5O2/c1-24-14-7-6-13(17)12(8-19-16-20-22-23-21-16)15(14)25-9-10-2-4-11(18)5-3-10/h2-7H,8-9H2,1H3,(H2,19,20,21,22,23). The number of nitrogens with zero attached hydrogens (tertiary/aromatic N) is 3. The number of aromatic nitrogens is 4. The van der Waals surface area contributed by atoms with Crippen molar-refractivity contribution in [3.63, 3.8) is 0 Å². The maximum Gasteiger partial charge on any atom is 0.263 e. The fourth-order valence-electron chi connectivity index (χ4n) is 2.21. The molecule has 130 valence electrons. The van der Waals surface area contributed by atoms with Crippen molar-refractivity contribution < 1.29 is 9.47 Å². The summed E-state index contributed by atoms with van der Waals surface area (Å²) < 4.78 is 12.4. The molecule has 3 aromatic rings. The minimum absolute atomic E-state index is 0.388. The molecule has 1 heterocycles. The number of hydrogen-bond donors (Lipinski definition) is 2. The minimum atomic E-state index is 0.388. The van der Waals surface area contributed by atoms with Crippen LogP contribution in [0.1, 0.15) is 11.1 Å². The highest BCUT2D eigenvalue weighted by Crippen LogP contribution is 2.37. The van der Waals surface area contributed by atoms with Gasteiger partial charge in [0.15, 0.2) is 11.5 Å². The van der Waals surface area contributed by atoms with E-state index in [-0.39, 0.29) is 0 Å². The molecule has 0 saturated carbocycles. The quantitative estimate of drug-likeness (QED) is 0.600.